The Balaban J connectivity index is 1.57. The molecule has 0 amide bonds. The van der Waals surface area contributed by atoms with E-state index in [1.807, 2.05) is 6.07 Å². The van der Waals surface area contributed by atoms with Crippen molar-refractivity contribution in [3.63, 3.8) is 0 Å². The standard InChI is InChI=1S/C22H27NO2/c1-22-11-13-23(12-10-16-6-4-3-5-7-16)20(21(22)24)14-17-8-9-18(25-2)15-19(17)22/h3-9,15,20-21,24H,10-14H2,1-2H3/t20-,21+,22-/m0/s1. The van der Waals surface area contributed by atoms with E-state index in [4.69, 9.17) is 4.74 Å². The lowest BCUT2D eigenvalue weighted by molar-refractivity contribution is -0.0505. The number of likely N-dealkylation sites (tertiary alicyclic amines) is 1. The summed E-state index contributed by atoms with van der Waals surface area (Å²) in [5.41, 5.74) is 3.84. The van der Waals surface area contributed by atoms with Crippen LogP contribution in [0.25, 0.3) is 0 Å². The van der Waals surface area contributed by atoms with Crippen LogP contribution in [-0.4, -0.2) is 42.4 Å². The lowest BCUT2D eigenvalue weighted by atomic mass is 9.63. The molecule has 1 heterocycles. The summed E-state index contributed by atoms with van der Waals surface area (Å²) in [6, 6.07) is 17.2. The average molecular weight is 337 g/mol. The van der Waals surface area contributed by atoms with Crippen molar-refractivity contribution in [2.75, 3.05) is 20.2 Å². The Hall–Kier alpha value is -1.84. The number of fused-ring (bicyclic) bond motifs is 4. The van der Waals surface area contributed by atoms with Crippen LogP contribution in [0.2, 0.25) is 0 Å². The van der Waals surface area contributed by atoms with Crippen LogP contribution in [0.15, 0.2) is 48.5 Å². The van der Waals surface area contributed by atoms with E-state index < -0.39 is 0 Å². The fraction of sp³-hybridized carbons (Fsp3) is 0.455. The number of methoxy groups -OCH3 is 1. The van der Waals surface area contributed by atoms with Gasteiger partial charge in [-0.1, -0.05) is 43.3 Å². The predicted molar refractivity (Wildman–Crippen MR) is 100 cm³/mol. The third-order valence-corrected chi connectivity index (χ3v) is 6.30. The van der Waals surface area contributed by atoms with E-state index >= 15 is 0 Å². The number of hydrogen-bond acceptors (Lipinski definition) is 3. The Bertz CT molecular complexity index is 745. The number of benzene rings is 2. The molecule has 1 N–H and O–H groups in total. The van der Waals surface area contributed by atoms with Crippen molar-refractivity contribution < 1.29 is 9.84 Å². The number of rotatable bonds is 4. The van der Waals surface area contributed by atoms with Gasteiger partial charge in [-0.15, -0.1) is 0 Å². The maximum Gasteiger partial charge on any atom is 0.119 e. The fourth-order valence-corrected chi connectivity index (χ4v) is 4.66. The van der Waals surface area contributed by atoms with Gasteiger partial charge in [0.2, 0.25) is 0 Å². The predicted octanol–water partition coefficient (Wildman–Crippen LogP) is 3.19. The van der Waals surface area contributed by atoms with Gasteiger partial charge in [0.25, 0.3) is 0 Å². The second-order valence-corrected chi connectivity index (χ2v) is 7.68. The Morgan fingerprint density at radius 3 is 2.76 bits per heavy atom. The van der Waals surface area contributed by atoms with Crippen LogP contribution in [0.1, 0.15) is 30.0 Å². The van der Waals surface area contributed by atoms with Crippen LogP contribution in [0, 0.1) is 0 Å². The monoisotopic (exact) mass is 337 g/mol. The van der Waals surface area contributed by atoms with Gasteiger partial charge < -0.3 is 9.84 Å². The van der Waals surface area contributed by atoms with Gasteiger partial charge in [0.05, 0.1) is 13.2 Å². The van der Waals surface area contributed by atoms with Gasteiger partial charge in [-0.2, -0.15) is 0 Å². The summed E-state index contributed by atoms with van der Waals surface area (Å²) in [6.07, 6.45) is 2.62. The van der Waals surface area contributed by atoms with Crippen LogP contribution >= 0.6 is 0 Å². The van der Waals surface area contributed by atoms with Gasteiger partial charge in [0.1, 0.15) is 5.75 Å². The molecule has 0 unspecified atom stereocenters. The molecule has 0 aromatic heterocycles. The summed E-state index contributed by atoms with van der Waals surface area (Å²) in [6.45, 7) is 4.27. The topological polar surface area (TPSA) is 32.7 Å². The quantitative estimate of drug-likeness (QED) is 0.930. The number of ether oxygens (including phenoxy) is 1. The van der Waals surface area contributed by atoms with Crippen molar-refractivity contribution in [3.8, 4) is 5.75 Å². The molecule has 1 saturated heterocycles. The van der Waals surface area contributed by atoms with Crippen molar-refractivity contribution in [3.05, 3.63) is 65.2 Å². The normalized spacial score (nSPS) is 28.4. The fourth-order valence-electron chi connectivity index (χ4n) is 4.66. The average Bonchev–Trinajstić information content (AvgIpc) is 2.64. The molecule has 1 fully saturated rings. The first kappa shape index (κ1) is 16.6. The molecule has 4 rings (SSSR count). The number of aliphatic hydroxyl groups excluding tert-OH is 1. The molecule has 2 aromatic carbocycles. The van der Waals surface area contributed by atoms with Crippen LogP contribution in [0.3, 0.4) is 0 Å². The molecule has 2 aliphatic rings. The molecule has 3 atom stereocenters. The maximum atomic E-state index is 11.1. The number of nitrogens with zero attached hydrogens (tertiary/aromatic N) is 1. The highest BCUT2D eigenvalue weighted by Gasteiger charge is 2.49. The summed E-state index contributed by atoms with van der Waals surface area (Å²) in [5.74, 6) is 0.886. The first-order valence-corrected chi connectivity index (χ1v) is 9.25. The van der Waals surface area contributed by atoms with Crippen LogP contribution in [0.5, 0.6) is 5.75 Å². The zero-order valence-corrected chi connectivity index (χ0v) is 15.1. The zero-order chi connectivity index (χ0) is 17.4. The number of piperidine rings is 1. The molecule has 3 nitrogen and oxygen atoms in total. The highest BCUT2D eigenvalue weighted by molar-refractivity contribution is 5.45. The van der Waals surface area contributed by atoms with Crippen molar-refractivity contribution in [1.82, 2.24) is 4.90 Å². The molecule has 0 spiro atoms. The Morgan fingerprint density at radius 2 is 2.00 bits per heavy atom. The zero-order valence-electron chi connectivity index (χ0n) is 15.1. The van der Waals surface area contributed by atoms with E-state index in [0.29, 0.717) is 0 Å². The minimum Gasteiger partial charge on any atom is -0.497 e. The Labute approximate surface area is 150 Å². The van der Waals surface area contributed by atoms with Crippen molar-refractivity contribution in [2.45, 2.75) is 43.7 Å². The smallest absolute Gasteiger partial charge is 0.119 e. The molecule has 25 heavy (non-hydrogen) atoms. The van der Waals surface area contributed by atoms with Crippen molar-refractivity contribution >= 4 is 0 Å². The number of hydrogen-bond donors (Lipinski definition) is 1. The van der Waals surface area contributed by atoms with Crippen molar-refractivity contribution in [1.29, 1.82) is 0 Å². The summed E-state index contributed by atoms with van der Waals surface area (Å²) in [4.78, 5) is 2.49. The molecular weight excluding hydrogens is 310 g/mol. The van der Waals surface area contributed by atoms with E-state index in [1.165, 1.54) is 16.7 Å². The molecule has 132 valence electrons. The first-order valence-electron chi connectivity index (χ1n) is 9.25. The van der Waals surface area contributed by atoms with Crippen LogP contribution < -0.4 is 4.74 Å². The van der Waals surface area contributed by atoms with Crippen LogP contribution in [0.4, 0.5) is 0 Å². The largest absolute Gasteiger partial charge is 0.497 e. The van der Waals surface area contributed by atoms with E-state index in [0.717, 1.165) is 38.1 Å². The molecular formula is C22H27NO2. The minimum absolute atomic E-state index is 0.171. The first-order chi connectivity index (χ1) is 12.1. The Morgan fingerprint density at radius 1 is 1.20 bits per heavy atom. The molecule has 0 radical (unpaired) electrons. The summed E-state index contributed by atoms with van der Waals surface area (Å²) >= 11 is 0. The summed E-state index contributed by atoms with van der Waals surface area (Å²) < 4.78 is 5.41. The van der Waals surface area contributed by atoms with Gasteiger partial charge in [-0.3, -0.25) is 4.90 Å². The van der Waals surface area contributed by atoms with E-state index in [1.54, 1.807) is 7.11 Å². The molecule has 1 aliphatic carbocycles. The molecule has 3 heteroatoms. The lowest BCUT2D eigenvalue weighted by Gasteiger charge is -2.53. The third-order valence-electron chi connectivity index (χ3n) is 6.30. The summed E-state index contributed by atoms with van der Waals surface area (Å²) in [7, 11) is 1.71. The van der Waals surface area contributed by atoms with E-state index in [-0.39, 0.29) is 17.6 Å². The molecule has 2 aromatic rings. The van der Waals surface area contributed by atoms with Gasteiger partial charge in [-0.05, 0) is 54.6 Å². The van der Waals surface area contributed by atoms with Gasteiger partial charge >= 0.3 is 0 Å². The molecule has 2 bridgehead atoms. The second-order valence-electron chi connectivity index (χ2n) is 7.68. The SMILES string of the molecule is COc1ccc2c(c1)[C@]1(C)CCN(CCc3ccccc3)[C@@H](C2)[C@H]1O. The highest BCUT2D eigenvalue weighted by Crippen LogP contribution is 2.45. The van der Waals surface area contributed by atoms with Crippen LogP contribution in [-0.2, 0) is 18.3 Å². The third kappa shape index (κ3) is 2.86. The van der Waals surface area contributed by atoms with Gasteiger partial charge in [0.15, 0.2) is 0 Å². The Kier molecular flexibility index (Phi) is 4.30. The minimum atomic E-state index is -0.323. The van der Waals surface area contributed by atoms with Gasteiger partial charge in [0, 0.05) is 18.0 Å². The number of aliphatic hydroxyl groups is 1. The van der Waals surface area contributed by atoms with E-state index in [9.17, 15) is 5.11 Å². The van der Waals surface area contributed by atoms with Crippen molar-refractivity contribution in [2.24, 2.45) is 0 Å². The molecule has 1 aliphatic heterocycles. The van der Waals surface area contributed by atoms with E-state index in [2.05, 4.69) is 54.3 Å². The maximum absolute atomic E-state index is 11.1. The van der Waals surface area contributed by atoms with Gasteiger partial charge in [-0.25, -0.2) is 0 Å². The molecule has 0 saturated carbocycles. The highest BCUT2D eigenvalue weighted by atomic mass is 16.5. The summed E-state index contributed by atoms with van der Waals surface area (Å²) in [5, 5.41) is 11.1. The second kappa shape index (κ2) is 6.47. The lowest BCUT2D eigenvalue weighted by Crippen LogP contribution is -2.62.